The third-order valence-corrected chi connectivity index (χ3v) is 5.00. The number of methoxy groups -OCH3 is 1. The molecule has 0 unspecified atom stereocenters. The largest absolute Gasteiger partial charge is 0.495 e. The zero-order valence-corrected chi connectivity index (χ0v) is 15.7. The molecule has 3 atom stereocenters. The van der Waals surface area contributed by atoms with E-state index in [1.807, 2.05) is 12.2 Å². The lowest BCUT2D eigenvalue weighted by Crippen LogP contribution is -2.45. The van der Waals surface area contributed by atoms with E-state index in [9.17, 15) is 19.2 Å². The quantitative estimate of drug-likeness (QED) is 0.452. The number of nitrogens with zero attached hydrogens (tertiary/aromatic N) is 1. The molecule has 8 heteroatoms. The molecule has 0 aromatic heterocycles. The number of imide groups is 1. The Balaban J connectivity index is 1.56. The highest BCUT2D eigenvalue weighted by Crippen LogP contribution is 2.36. The molecule has 1 aromatic carbocycles. The third kappa shape index (κ3) is 3.76. The average Bonchev–Trinajstić information content (AvgIpc) is 2.96. The molecule has 1 N–H and O–H groups in total. The third-order valence-electron chi connectivity index (χ3n) is 5.00. The first kappa shape index (κ1) is 19.6. The Morgan fingerprint density at radius 3 is 2.36 bits per heavy atom. The molecule has 28 heavy (non-hydrogen) atoms. The van der Waals surface area contributed by atoms with E-state index in [1.54, 1.807) is 24.3 Å². The number of allylic oxidation sites excluding steroid dienone is 2. The maximum absolute atomic E-state index is 12.5. The van der Waals surface area contributed by atoms with E-state index in [1.165, 1.54) is 14.0 Å². The summed E-state index contributed by atoms with van der Waals surface area (Å²) in [5.41, 5.74) is 0.445. The Hall–Kier alpha value is -3.16. The summed E-state index contributed by atoms with van der Waals surface area (Å²) in [4.78, 5) is 50.4. The first-order valence-electron chi connectivity index (χ1n) is 9.05. The van der Waals surface area contributed by atoms with Crippen molar-refractivity contribution in [1.29, 1.82) is 0 Å². The van der Waals surface area contributed by atoms with Gasteiger partial charge in [-0.2, -0.15) is 0 Å². The van der Waals surface area contributed by atoms with Gasteiger partial charge in [-0.05, 0) is 31.9 Å². The maximum Gasteiger partial charge on any atom is 0.329 e. The van der Waals surface area contributed by atoms with Crippen LogP contribution < -0.4 is 10.1 Å². The van der Waals surface area contributed by atoms with E-state index < -0.39 is 36.4 Å². The highest BCUT2D eigenvalue weighted by Gasteiger charge is 2.50. The summed E-state index contributed by atoms with van der Waals surface area (Å²) in [7, 11) is 1.48. The van der Waals surface area contributed by atoms with E-state index >= 15 is 0 Å². The zero-order chi connectivity index (χ0) is 20.3. The van der Waals surface area contributed by atoms with Crippen LogP contribution in [-0.4, -0.2) is 48.3 Å². The number of rotatable bonds is 6. The number of hydrogen-bond acceptors (Lipinski definition) is 6. The van der Waals surface area contributed by atoms with Crippen molar-refractivity contribution in [3.63, 3.8) is 0 Å². The van der Waals surface area contributed by atoms with E-state index in [2.05, 4.69) is 5.32 Å². The highest BCUT2D eigenvalue weighted by molar-refractivity contribution is 6.08. The first-order valence-corrected chi connectivity index (χ1v) is 9.05. The minimum Gasteiger partial charge on any atom is -0.495 e. The Morgan fingerprint density at radius 2 is 1.75 bits per heavy atom. The lowest BCUT2D eigenvalue weighted by atomic mass is 9.85. The van der Waals surface area contributed by atoms with Crippen molar-refractivity contribution >= 4 is 29.4 Å². The van der Waals surface area contributed by atoms with Crippen LogP contribution in [-0.2, 0) is 23.9 Å². The van der Waals surface area contributed by atoms with Crippen LogP contribution in [0.4, 0.5) is 5.69 Å². The normalized spacial score (nSPS) is 21.9. The van der Waals surface area contributed by atoms with Crippen LogP contribution >= 0.6 is 0 Å². The lowest BCUT2D eigenvalue weighted by Gasteiger charge is -2.21. The molecule has 2 aliphatic rings. The second-order valence-electron chi connectivity index (χ2n) is 6.73. The van der Waals surface area contributed by atoms with E-state index in [4.69, 9.17) is 9.47 Å². The molecule has 0 saturated carbocycles. The maximum atomic E-state index is 12.5. The standard InChI is InChI=1S/C20H22N2O6/c1-12(22-18(24)13-7-3-4-8-14(13)19(22)25)20(26)28-11-17(23)21-15-9-5-6-10-16(15)27-2/h3-6,9-10,12-14H,7-8,11H2,1-2H3,(H,21,23)/t12-,13+,14+/m0/s1. The highest BCUT2D eigenvalue weighted by atomic mass is 16.5. The summed E-state index contributed by atoms with van der Waals surface area (Å²) < 4.78 is 10.2. The van der Waals surface area contributed by atoms with Gasteiger partial charge in [0.1, 0.15) is 11.8 Å². The summed E-state index contributed by atoms with van der Waals surface area (Å²) in [5.74, 6) is -2.43. The Bertz CT molecular complexity index is 808. The van der Waals surface area contributed by atoms with Crippen molar-refractivity contribution < 1.29 is 28.7 Å². The molecule has 1 aromatic rings. The molecule has 3 amide bonds. The van der Waals surface area contributed by atoms with Gasteiger partial charge in [0.25, 0.3) is 5.91 Å². The molecule has 1 fully saturated rings. The minimum atomic E-state index is -1.08. The van der Waals surface area contributed by atoms with E-state index in [0.29, 0.717) is 24.3 Å². The lowest BCUT2D eigenvalue weighted by molar-refractivity contribution is -0.159. The Labute approximate surface area is 162 Å². The van der Waals surface area contributed by atoms with Crippen LogP contribution in [0.3, 0.4) is 0 Å². The molecule has 1 aliphatic heterocycles. The molecule has 1 aliphatic carbocycles. The van der Waals surface area contributed by atoms with Crippen molar-refractivity contribution in [3.05, 3.63) is 36.4 Å². The van der Waals surface area contributed by atoms with Gasteiger partial charge in [0.05, 0.1) is 24.6 Å². The molecular formula is C20H22N2O6. The van der Waals surface area contributed by atoms with Crippen LogP contribution in [0.1, 0.15) is 19.8 Å². The smallest absolute Gasteiger partial charge is 0.329 e. The van der Waals surface area contributed by atoms with Crippen LogP contribution in [0.5, 0.6) is 5.75 Å². The van der Waals surface area contributed by atoms with Gasteiger partial charge < -0.3 is 14.8 Å². The number of nitrogens with one attached hydrogen (secondary N) is 1. The second kappa shape index (κ2) is 8.24. The van der Waals surface area contributed by atoms with Crippen LogP contribution in [0.15, 0.2) is 36.4 Å². The summed E-state index contributed by atoms with van der Waals surface area (Å²) in [6.07, 6.45) is 4.74. The average molecular weight is 386 g/mol. The first-order chi connectivity index (χ1) is 13.4. The van der Waals surface area contributed by atoms with Gasteiger partial charge in [-0.15, -0.1) is 0 Å². The number of carbonyl (C=O) groups excluding carboxylic acids is 4. The van der Waals surface area contributed by atoms with E-state index in [-0.39, 0.29) is 11.8 Å². The molecule has 8 nitrogen and oxygen atoms in total. The predicted octanol–water partition coefficient (Wildman–Crippen LogP) is 1.52. The van der Waals surface area contributed by atoms with Crippen LogP contribution in [0.25, 0.3) is 0 Å². The molecule has 0 bridgehead atoms. The fourth-order valence-electron chi connectivity index (χ4n) is 3.50. The van der Waals surface area contributed by atoms with Crippen LogP contribution in [0, 0.1) is 11.8 Å². The van der Waals surface area contributed by atoms with Gasteiger partial charge in [-0.25, -0.2) is 4.79 Å². The number of likely N-dealkylation sites (tertiary alicyclic amines) is 1. The number of ether oxygens (including phenoxy) is 2. The summed E-state index contributed by atoms with van der Waals surface area (Å²) in [6, 6.07) is 5.74. The molecule has 1 heterocycles. The van der Waals surface area contributed by atoms with Crippen LogP contribution in [0.2, 0.25) is 0 Å². The molecular weight excluding hydrogens is 364 g/mol. The number of hydrogen-bond donors (Lipinski definition) is 1. The Kier molecular flexibility index (Phi) is 5.77. The predicted molar refractivity (Wildman–Crippen MR) is 99.3 cm³/mol. The van der Waals surface area contributed by atoms with Crippen molar-refractivity contribution in [2.75, 3.05) is 19.0 Å². The van der Waals surface area contributed by atoms with Gasteiger partial charge in [0.15, 0.2) is 6.61 Å². The summed E-state index contributed by atoms with van der Waals surface area (Å²) in [6.45, 7) is 0.896. The fraction of sp³-hybridized carbons (Fsp3) is 0.400. The van der Waals surface area contributed by atoms with Gasteiger partial charge in [0.2, 0.25) is 11.8 Å². The number of esters is 1. The second-order valence-corrected chi connectivity index (χ2v) is 6.73. The van der Waals surface area contributed by atoms with Crippen molar-refractivity contribution in [2.24, 2.45) is 11.8 Å². The molecule has 0 radical (unpaired) electrons. The zero-order valence-electron chi connectivity index (χ0n) is 15.7. The number of amides is 3. The number of benzene rings is 1. The van der Waals surface area contributed by atoms with Gasteiger partial charge >= 0.3 is 5.97 Å². The summed E-state index contributed by atoms with van der Waals surface area (Å²) in [5, 5.41) is 2.59. The van der Waals surface area contributed by atoms with Gasteiger partial charge in [-0.1, -0.05) is 24.3 Å². The SMILES string of the molecule is COc1ccccc1NC(=O)COC(=O)[C@H](C)N1C(=O)[C@@H]2CC=CC[C@H]2C1=O. The monoisotopic (exact) mass is 386 g/mol. The topological polar surface area (TPSA) is 102 Å². The Morgan fingerprint density at radius 1 is 1.14 bits per heavy atom. The fourth-order valence-corrected chi connectivity index (χ4v) is 3.50. The molecule has 0 spiro atoms. The van der Waals surface area contributed by atoms with Gasteiger partial charge in [-0.3, -0.25) is 19.3 Å². The molecule has 1 saturated heterocycles. The number of fused-ring (bicyclic) bond motifs is 1. The number of carbonyl (C=O) groups is 4. The van der Waals surface area contributed by atoms with Gasteiger partial charge in [0, 0.05) is 0 Å². The van der Waals surface area contributed by atoms with Crippen molar-refractivity contribution in [2.45, 2.75) is 25.8 Å². The van der Waals surface area contributed by atoms with Crippen molar-refractivity contribution in [3.8, 4) is 5.75 Å². The molecule has 3 rings (SSSR count). The summed E-state index contributed by atoms with van der Waals surface area (Å²) >= 11 is 0. The molecule has 148 valence electrons. The van der Waals surface area contributed by atoms with Crippen molar-refractivity contribution in [1.82, 2.24) is 4.90 Å². The minimum absolute atomic E-state index is 0.359. The number of anilines is 1. The number of para-hydroxylation sites is 2. The van der Waals surface area contributed by atoms with E-state index in [0.717, 1.165) is 4.90 Å².